The molecular weight excluding hydrogens is 356 g/mol. The van der Waals surface area contributed by atoms with Gasteiger partial charge in [-0.15, -0.1) is 0 Å². The largest absolute Gasteiger partial charge is 0.496 e. The second kappa shape index (κ2) is 8.52. The molecule has 28 heavy (non-hydrogen) atoms. The fourth-order valence-corrected chi connectivity index (χ4v) is 3.45. The average molecular weight is 384 g/mol. The Balaban J connectivity index is 1.64. The van der Waals surface area contributed by atoms with Crippen LogP contribution < -0.4 is 19.5 Å². The standard InChI is InChI=1S/C22H28N2O4/c1-14-10-17(11-15(2)21(14)26-5)13-24(4)16(3)22(25)23-18-6-7-19-20(12-18)28-9-8-27-19/h6-7,10-12,16H,8-9,13H2,1-5H3,(H,23,25). The zero-order valence-corrected chi connectivity index (χ0v) is 17.2. The van der Waals surface area contributed by atoms with Crippen molar-refractivity contribution in [2.24, 2.45) is 0 Å². The van der Waals surface area contributed by atoms with Gasteiger partial charge in [0, 0.05) is 18.3 Å². The van der Waals surface area contributed by atoms with Gasteiger partial charge in [0.15, 0.2) is 11.5 Å². The Hall–Kier alpha value is -2.73. The van der Waals surface area contributed by atoms with E-state index in [2.05, 4.69) is 17.4 Å². The third-order valence-electron chi connectivity index (χ3n) is 5.01. The first-order chi connectivity index (χ1) is 13.4. The normalized spacial score (nSPS) is 13.9. The molecule has 3 rings (SSSR count). The molecule has 0 saturated carbocycles. The van der Waals surface area contributed by atoms with Crippen molar-refractivity contribution in [3.8, 4) is 17.2 Å². The van der Waals surface area contributed by atoms with Gasteiger partial charge in [-0.1, -0.05) is 12.1 Å². The van der Waals surface area contributed by atoms with E-state index < -0.39 is 0 Å². The first kappa shape index (κ1) is 20.0. The van der Waals surface area contributed by atoms with Crippen LogP contribution in [0.2, 0.25) is 0 Å². The minimum atomic E-state index is -0.295. The molecule has 6 nitrogen and oxygen atoms in total. The Kier molecular flexibility index (Phi) is 6.09. The van der Waals surface area contributed by atoms with E-state index >= 15 is 0 Å². The summed E-state index contributed by atoms with van der Waals surface area (Å²) < 4.78 is 16.5. The summed E-state index contributed by atoms with van der Waals surface area (Å²) >= 11 is 0. The van der Waals surface area contributed by atoms with E-state index in [4.69, 9.17) is 14.2 Å². The molecule has 1 N–H and O–H groups in total. The molecular formula is C22H28N2O4. The van der Waals surface area contributed by atoms with Crippen molar-refractivity contribution in [3.63, 3.8) is 0 Å². The smallest absolute Gasteiger partial charge is 0.241 e. The van der Waals surface area contributed by atoms with E-state index in [1.54, 1.807) is 13.2 Å². The van der Waals surface area contributed by atoms with Crippen molar-refractivity contribution < 1.29 is 19.0 Å². The highest BCUT2D eigenvalue weighted by Gasteiger charge is 2.20. The Morgan fingerprint density at radius 1 is 1.14 bits per heavy atom. The van der Waals surface area contributed by atoms with Gasteiger partial charge in [-0.2, -0.15) is 0 Å². The van der Waals surface area contributed by atoms with Gasteiger partial charge in [-0.25, -0.2) is 0 Å². The predicted octanol–water partition coefficient (Wildman–Crippen LogP) is 3.54. The lowest BCUT2D eigenvalue weighted by Crippen LogP contribution is -2.39. The number of rotatable bonds is 6. The number of amides is 1. The lowest BCUT2D eigenvalue weighted by molar-refractivity contribution is -0.120. The van der Waals surface area contributed by atoms with Crippen LogP contribution in [0, 0.1) is 13.8 Å². The fraction of sp³-hybridized carbons (Fsp3) is 0.409. The highest BCUT2D eigenvalue weighted by molar-refractivity contribution is 5.94. The predicted molar refractivity (Wildman–Crippen MR) is 109 cm³/mol. The molecule has 2 aromatic carbocycles. The minimum absolute atomic E-state index is 0.0684. The maximum atomic E-state index is 12.7. The lowest BCUT2D eigenvalue weighted by atomic mass is 10.0. The van der Waals surface area contributed by atoms with Crippen LogP contribution in [0.4, 0.5) is 5.69 Å². The number of nitrogens with zero attached hydrogens (tertiary/aromatic N) is 1. The maximum absolute atomic E-state index is 12.7. The highest BCUT2D eigenvalue weighted by Crippen LogP contribution is 2.32. The van der Waals surface area contributed by atoms with Crippen LogP contribution in [-0.4, -0.2) is 44.2 Å². The van der Waals surface area contributed by atoms with Gasteiger partial charge in [0.05, 0.1) is 13.2 Å². The van der Waals surface area contributed by atoms with Crippen LogP contribution in [0.5, 0.6) is 17.2 Å². The van der Waals surface area contributed by atoms with Crippen LogP contribution in [0.15, 0.2) is 30.3 Å². The molecule has 0 bridgehead atoms. The number of ether oxygens (including phenoxy) is 3. The van der Waals surface area contributed by atoms with E-state index in [-0.39, 0.29) is 11.9 Å². The zero-order chi connectivity index (χ0) is 20.3. The monoisotopic (exact) mass is 384 g/mol. The SMILES string of the molecule is COc1c(C)cc(CN(C)C(C)C(=O)Nc2ccc3c(c2)OCCO3)cc1C. The summed E-state index contributed by atoms with van der Waals surface area (Å²) in [5.74, 6) is 2.21. The number of aryl methyl sites for hydroxylation is 2. The van der Waals surface area contributed by atoms with Crippen LogP contribution in [0.1, 0.15) is 23.6 Å². The van der Waals surface area contributed by atoms with E-state index in [0.29, 0.717) is 36.9 Å². The molecule has 1 aliphatic rings. The van der Waals surface area contributed by atoms with E-state index in [1.165, 1.54) is 0 Å². The van der Waals surface area contributed by atoms with E-state index in [9.17, 15) is 4.79 Å². The van der Waals surface area contributed by atoms with E-state index in [0.717, 1.165) is 22.4 Å². The van der Waals surface area contributed by atoms with Gasteiger partial charge in [0.1, 0.15) is 19.0 Å². The third kappa shape index (κ3) is 4.39. The summed E-state index contributed by atoms with van der Waals surface area (Å²) in [7, 11) is 3.63. The average Bonchev–Trinajstić information content (AvgIpc) is 2.67. The fourth-order valence-electron chi connectivity index (χ4n) is 3.45. The number of carbonyl (C=O) groups is 1. The van der Waals surface area contributed by atoms with Crippen molar-refractivity contribution >= 4 is 11.6 Å². The lowest BCUT2D eigenvalue weighted by Gasteiger charge is -2.25. The summed E-state index contributed by atoms with van der Waals surface area (Å²) in [5, 5.41) is 2.96. The molecule has 1 amide bonds. The van der Waals surface area contributed by atoms with Crippen molar-refractivity contribution in [1.82, 2.24) is 4.90 Å². The molecule has 6 heteroatoms. The van der Waals surface area contributed by atoms with Gasteiger partial charge in [-0.3, -0.25) is 9.69 Å². The number of likely N-dealkylation sites (N-methyl/N-ethyl adjacent to an activating group) is 1. The molecule has 0 saturated heterocycles. The van der Waals surface area contributed by atoms with Gasteiger partial charge < -0.3 is 19.5 Å². The summed E-state index contributed by atoms with van der Waals surface area (Å²) in [4.78, 5) is 14.7. The van der Waals surface area contributed by atoms with Crippen molar-refractivity contribution in [1.29, 1.82) is 0 Å². The first-order valence-corrected chi connectivity index (χ1v) is 9.44. The summed E-state index contributed by atoms with van der Waals surface area (Å²) in [6.45, 7) is 7.70. The number of fused-ring (bicyclic) bond motifs is 1. The van der Waals surface area contributed by atoms with E-state index in [1.807, 2.05) is 44.9 Å². The zero-order valence-electron chi connectivity index (χ0n) is 17.2. The number of hydrogen-bond donors (Lipinski definition) is 1. The number of anilines is 1. The number of carbonyl (C=O) groups excluding carboxylic acids is 1. The third-order valence-corrected chi connectivity index (χ3v) is 5.01. The molecule has 150 valence electrons. The molecule has 0 radical (unpaired) electrons. The van der Waals surface area contributed by atoms with Gasteiger partial charge in [-0.05, 0) is 56.6 Å². The molecule has 0 aliphatic carbocycles. The Morgan fingerprint density at radius 3 is 2.43 bits per heavy atom. The van der Waals surface area contributed by atoms with Crippen LogP contribution >= 0.6 is 0 Å². The van der Waals surface area contributed by atoms with Crippen LogP contribution in [0.3, 0.4) is 0 Å². The molecule has 1 unspecified atom stereocenters. The maximum Gasteiger partial charge on any atom is 0.241 e. The molecule has 2 aromatic rings. The van der Waals surface area contributed by atoms with Gasteiger partial charge >= 0.3 is 0 Å². The minimum Gasteiger partial charge on any atom is -0.496 e. The van der Waals surface area contributed by atoms with Gasteiger partial charge in [0.25, 0.3) is 0 Å². The van der Waals surface area contributed by atoms with Crippen molar-refractivity contribution in [3.05, 3.63) is 47.0 Å². The molecule has 0 spiro atoms. The molecule has 0 aromatic heterocycles. The second-order valence-corrected chi connectivity index (χ2v) is 7.20. The topological polar surface area (TPSA) is 60.0 Å². The summed E-state index contributed by atoms with van der Waals surface area (Å²) in [6.07, 6.45) is 0. The number of methoxy groups -OCH3 is 1. The van der Waals surface area contributed by atoms with Crippen LogP contribution in [0.25, 0.3) is 0 Å². The molecule has 0 fully saturated rings. The first-order valence-electron chi connectivity index (χ1n) is 9.44. The molecule has 1 heterocycles. The van der Waals surface area contributed by atoms with Crippen LogP contribution in [-0.2, 0) is 11.3 Å². The number of benzene rings is 2. The summed E-state index contributed by atoms with van der Waals surface area (Å²) in [5.41, 5.74) is 4.04. The highest BCUT2D eigenvalue weighted by atomic mass is 16.6. The molecule has 1 atom stereocenters. The Bertz CT molecular complexity index is 843. The quantitative estimate of drug-likeness (QED) is 0.825. The van der Waals surface area contributed by atoms with Gasteiger partial charge in [0.2, 0.25) is 5.91 Å². The molecule has 1 aliphatic heterocycles. The van der Waals surface area contributed by atoms with Crippen molar-refractivity contribution in [2.45, 2.75) is 33.4 Å². The Morgan fingerprint density at radius 2 is 1.79 bits per heavy atom. The van der Waals surface area contributed by atoms with Crippen molar-refractivity contribution in [2.75, 3.05) is 32.7 Å². The number of hydrogen-bond acceptors (Lipinski definition) is 5. The second-order valence-electron chi connectivity index (χ2n) is 7.20. The Labute approximate surface area is 166 Å². The summed E-state index contributed by atoms with van der Waals surface area (Å²) in [6, 6.07) is 9.36. The number of nitrogens with one attached hydrogen (secondary N) is 1.